The number of methoxy groups -OCH3 is 3. The van der Waals surface area contributed by atoms with Crippen LogP contribution in [0.25, 0.3) is 5.70 Å². The number of esters is 1. The molecular weight excluding hydrogens is 342 g/mol. The lowest BCUT2D eigenvalue weighted by Gasteiger charge is -2.15. The van der Waals surface area contributed by atoms with Crippen LogP contribution in [-0.4, -0.2) is 44.4 Å². The fourth-order valence-electron chi connectivity index (χ4n) is 2.10. The molecule has 1 heterocycles. The van der Waals surface area contributed by atoms with Crippen LogP contribution in [0.5, 0.6) is 23.5 Å². The highest BCUT2D eigenvalue weighted by Crippen LogP contribution is 2.31. The number of hydrogen-bond donors (Lipinski definition) is 1. The summed E-state index contributed by atoms with van der Waals surface area (Å²) >= 11 is 0. The van der Waals surface area contributed by atoms with E-state index >= 15 is 0 Å². The monoisotopic (exact) mass is 361 g/mol. The number of nitrogens with one attached hydrogen (secondary N) is 1. The van der Waals surface area contributed by atoms with E-state index in [4.69, 9.17) is 23.8 Å². The molecule has 0 saturated carbocycles. The molecule has 0 aliphatic carbocycles. The topological polar surface area (TPSA) is 101 Å². The number of hydroxylamine groups is 1. The van der Waals surface area contributed by atoms with Crippen LogP contribution in [0, 0.1) is 0 Å². The van der Waals surface area contributed by atoms with Crippen LogP contribution in [-0.2, 0) is 9.57 Å². The van der Waals surface area contributed by atoms with Crippen LogP contribution in [0.4, 0.5) is 0 Å². The molecule has 1 aromatic heterocycles. The van der Waals surface area contributed by atoms with Gasteiger partial charge in [0.2, 0.25) is 11.8 Å². The van der Waals surface area contributed by atoms with E-state index in [1.165, 1.54) is 34.5 Å². The maximum atomic E-state index is 12.3. The number of benzene rings is 1. The van der Waals surface area contributed by atoms with Gasteiger partial charge in [0.1, 0.15) is 11.3 Å². The number of hydrogen-bond acceptors (Lipinski definition) is 9. The Morgan fingerprint density at radius 1 is 1.08 bits per heavy atom. The van der Waals surface area contributed by atoms with E-state index in [1.54, 1.807) is 18.2 Å². The molecule has 0 unspecified atom stereocenters. The minimum absolute atomic E-state index is 0.0613. The van der Waals surface area contributed by atoms with Crippen molar-refractivity contribution in [1.82, 2.24) is 15.4 Å². The average Bonchev–Trinajstić information content (AvgIpc) is 2.67. The zero-order valence-electron chi connectivity index (χ0n) is 14.9. The van der Waals surface area contributed by atoms with E-state index in [2.05, 4.69) is 22.0 Å². The molecule has 9 nitrogen and oxygen atoms in total. The van der Waals surface area contributed by atoms with Gasteiger partial charge in [-0.1, -0.05) is 18.7 Å². The Labute approximate surface area is 150 Å². The van der Waals surface area contributed by atoms with Crippen LogP contribution in [0.2, 0.25) is 0 Å². The maximum Gasteiger partial charge on any atom is 0.342 e. The Balaban J connectivity index is 2.51. The van der Waals surface area contributed by atoms with Crippen LogP contribution in [0.1, 0.15) is 15.9 Å². The molecule has 26 heavy (non-hydrogen) atoms. The molecular formula is C17H19N3O6. The minimum Gasteiger partial charge on any atom is -0.481 e. The van der Waals surface area contributed by atoms with Crippen molar-refractivity contribution in [2.45, 2.75) is 0 Å². The molecule has 0 aliphatic rings. The number of rotatable bonds is 8. The molecule has 2 aromatic rings. The minimum atomic E-state index is -0.621. The quantitative estimate of drug-likeness (QED) is 0.560. The van der Waals surface area contributed by atoms with Gasteiger partial charge < -0.3 is 18.9 Å². The molecule has 2 rings (SSSR count). The number of ether oxygens (including phenoxy) is 4. The largest absolute Gasteiger partial charge is 0.481 e. The van der Waals surface area contributed by atoms with Crippen molar-refractivity contribution in [3.63, 3.8) is 0 Å². The molecule has 0 fully saturated rings. The summed E-state index contributed by atoms with van der Waals surface area (Å²) in [5.74, 6) is 0.0365. The molecule has 0 bridgehead atoms. The summed E-state index contributed by atoms with van der Waals surface area (Å²) in [6, 6.07) is 6.35. The van der Waals surface area contributed by atoms with Crippen molar-refractivity contribution in [2.75, 3.05) is 28.4 Å². The Kier molecular flexibility index (Phi) is 6.34. The maximum absolute atomic E-state index is 12.3. The third-order valence-electron chi connectivity index (χ3n) is 3.24. The first-order valence-electron chi connectivity index (χ1n) is 7.38. The molecule has 0 amide bonds. The Bertz CT molecular complexity index is 787. The first kappa shape index (κ1) is 19.0. The normalized spacial score (nSPS) is 10.0. The number of nitrogens with zero attached hydrogens (tertiary/aromatic N) is 2. The first-order chi connectivity index (χ1) is 12.5. The number of carbonyl (C=O) groups is 1. The summed E-state index contributed by atoms with van der Waals surface area (Å²) in [5, 5.41) is 0. The Hall–Kier alpha value is -3.33. The van der Waals surface area contributed by atoms with Crippen molar-refractivity contribution in [2.24, 2.45) is 0 Å². The van der Waals surface area contributed by atoms with E-state index < -0.39 is 5.97 Å². The Morgan fingerprint density at radius 3 is 2.27 bits per heavy atom. The second-order valence-electron chi connectivity index (χ2n) is 4.79. The van der Waals surface area contributed by atoms with Gasteiger partial charge in [0, 0.05) is 5.56 Å². The average molecular weight is 361 g/mol. The zero-order chi connectivity index (χ0) is 19.1. The molecule has 1 aromatic carbocycles. The summed E-state index contributed by atoms with van der Waals surface area (Å²) in [7, 11) is 5.60. The van der Waals surface area contributed by atoms with Crippen LogP contribution < -0.4 is 19.7 Å². The number of carbonyl (C=O) groups excluding carboxylic acids is 1. The van der Waals surface area contributed by atoms with E-state index in [0.29, 0.717) is 11.3 Å². The summed E-state index contributed by atoms with van der Waals surface area (Å²) in [6.45, 7) is 3.82. The third kappa shape index (κ3) is 4.19. The van der Waals surface area contributed by atoms with E-state index in [-0.39, 0.29) is 29.1 Å². The lowest BCUT2D eigenvalue weighted by Crippen LogP contribution is -2.14. The molecule has 0 atom stereocenters. The molecule has 0 radical (unpaired) electrons. The van der Waals surface area contributed by atoms with Gasteiger partial charge in [0.25, 0.3) is 0 Å². The van der Waals surface area contributed by atoms with Crippen LogP contribution >= 0.6 is 0 Å². The summed E-state index contributed by atoms with van der Waals surface area (Å²) < 4.78 is 20.7. The van der Waals surface area contributed by atoms with Crippen molar-refractivity contribution in [3.8, 4) is 23.5 Å². The molecule has 138 valence electrons. The number of aromatic nitrogens is 2. The zero-order valence-corrected chi connectivity index (χ0v) is 14.9. The second kappa shape index (κ2) is 8.67. The lowest BCUT2D eigenvalue weighted by atomic mass is 10.0. The third-order valence-corrected chi connectivity index (χ3v) is 3.24. The summed E-state index contributed by atoms with van der Waals surface area (Å²) in [6.07, 6.45) is 0. The molecule has 0 saturated heterocycles. The standard InChI is InChI=1S/C17H19N3O6/c1-10(20-25-5)11-7-6-8-12(15(11)16(21)24-4)26-17-18-13(22-2)9-14(19-17)23-3/h6-9,20H,1H2,2-5H3. The van der Waals surface area contributed by atoms with Gasteiger partial charge in [-0.15, -0.1) is 0 Å². The van der Waals surface area contributed by atoms with Gasteiger partial charge in [-0.2, -0.15) is 9.97 Å². The van der Waals surface area contributed by atoms with Gasteiger partial charge in [-0.3, -0.25) is 10.3 Å². The highest BCUT2D eigenvalue weighted by Gasteiger charge is 2.21. The van der Waals surface area contributed by atoms with E-state index in [0.717, 1.165) is 0 Å². The summed E-state index contributed by atoms with van der Waals surface area (Å²) in [5.41, 5.74) is 3.50. The molecule has 0 spiro atoms. The van der Waals surface area contributed by atoms with E-state index in [9.17, 15) is 4.79 Å². The lowest BCUT2D eigenvalue weighted by molar-refractivity contribution is 0.0597. The van der Waals surface area contributed by atoms with Crippen LogP contribution in [0.3, 0.4) is 0 Å². The van der Waals surface area contributed by atoms with Crippen molar-refractivity contribution >= 4 is 11.7 Å². The predicted molar refractivity (Wildman–Crippen MR) is 92.2 cm³/mol. The second-order valence-corrected chi connectivity index (χ2v) is 4.79. The highest BCUT2D eigenvalue weighted by atomic mass is 16.6. The Morgan fingerprint density at radius 2 is 1.73 bits per heavy atom. The van der Waals surface area contributed by atoms with Crippen molar-refractivity contribution in [1.29, 1.82) is 0 Å². The van der Waals surface area contributed by atoms with Gasteiger partial charge in [0.05, 0.1) is 40.2 Å². The van der Waals surface area contributed by atoms with Gasteiger partial charge >= 0.3 is 12.0 Å². The molecule has 1 N–H and O–H groups in total. The molecule has 9 heteroatoms. The smallest absolute Gasteiger partial charge is 0.342 e. The van der Waals surface area contributed by atoms with E-state index in [1.807, 2.05) is 0 Å². The van der Waals surface area contributed by atoms with Gasteiger partial charge in [-0.05, 0) is 6.07 Å². The van der Waals surface area contributed by atoms with Gasteiger partial charge in [-0.25, -0.2) is 4.79 Å². The molecule has 0 aliphatic heterocycles. The van der Waals surface area contributed by atoms with Crippen LogP contribution in [0.15, 0.2) is 30.8 Å². The fraction of sp³-hybridized carbons (Fsp3) is 0.235. The van der Waals surface area contributed by atoms with Gasteiger partial charge in [0.15, 0.2) is 0 Å². The summed E-state index contributed by atoms with van der Waals surface area (Å²) in [4.78, 5) is 25.3. The van der Waals surface area contributed by atoms with Crippen molar-refractivity contribution < 1.29 is 28.6 Å². The fourth-order valence-corrected chi connectivity index (χ4v) is 2.10. The predicted octanol–water partition coefficient (Wildman–Crippen LogP) is 2.19. The van der Waals surface area contributed by atoms with Crippen molar-refractivity contribution in [3.05, 3.63) is 42.0 Å². The highest BCUT2D eigenvalue weighted by molar-refractivity contribution is 5.97. The SMILES string of the molecule is C=C(NOC)c1cccc(Oc2nc(OC)cc(OC)n2)c1C(=O)OC. The first-order valence-corrected chi connectivity index (χ1v) is 7.38.